The molecule has 0 bridgehead atoms. The molecule has 2 nitrogen and oxygen atoms in total. The van der Waals surface area contributed by atoms with Gasteiger partial charge in [-0.1, -0.05) is 50.7 Å². The maximum absolute atomic E-state index is 9.71. The van der Waals surface area contributed by atoms with Gasteiger partial charge in [0.05, 0.1) is 8.07 Å². The zero-order valence-electron chi connectivity index (χ0n) is 10.9. The number of phenols is 2. The predicted molar refractivity (Wildman–Crippen MR) is 76.0 cm³/mol. The Morgan fingerprint density at radius 2 is 1.65 bits per heavy atom. The van der Waals surface area contributed by atoms with E-state index >= 15 is 0 Å². The Morgan fingerprint density at radius 1 is 1.06 bits per heavy atom. The van der Waals surface area contributed by atoms with Gasteiger partial charge < -0.3 is 10.2 Å². The van der Waals surface area contributed by atoms with E-state index in [4.69, 9.17) is 0 Å². The molecule has 0 saturated carbocycles. The zero-order chi connectivity index (χ0) is 12.9. The van der Waals surface area contributed by atoms with Crippen LogP contribution in [-0.2, 0) is 0 Å². The van der Waals surface area contributed by atoms with Crippen molar-refractivity contribution in [3.05, 3.63) is 29.5 Å². The number of phenolic OH excluding ortho intramolecular Hbond substituents is 2. The van der Waals surface area contributed by atoms with Crippen molar-refractivity contribution in [3.8, 4) is 11.5 Å². The second kappa shape index (κ2) is 5.91. The molecule has 0 aromatic heterocycles. The summed E-state index contributed by atoms with van der Waals surface area (Å²) >= 11 is 0. The van der Waals surface area contributed by atoms with E-state index in [0.717, 1.165) is 5.56 Å². The van der Waals surface area contributed by atoms with Crippen LogP contribution in [0.4, 0.5) is 0 Å². The minimum absolute atomic E-state index is 0.102. The average molecular weight is 250 g/mol. The lowest BCUT2D eigenvalue weighted by molar-refractivity contribution is 0.450. The summed E-state index contributed by atoms with van der Waals surface area (Å²) < 4.78 is 0. The third kappa shape index (κ3) is 3.36. The normalized spacial score (nSPS) is 12.2. The fraction of sp³-hybridized carbons (Fsp3) is 0.429. The summed E-state index contributed by atoms with van der Waals surface area (Å²) in [6.45, 7) is 6.75. The first-order valence-corrected chi connectivity index (χ1v) is 8.98. The average Bonchev–Trinajstić information content (AvgIpc) is 2.33. The topological polar surface area (TPSA) is 40.5 Å². The SMILES string of the molecule is CC[Si](/C=C/c1ccc(O)cc1O)(CC)CC. The minimum atomic E-state index is -1.29. The van der Waals surface area contributed by atoms with Crippen LogP contribution in [0.5, 0.6) is 11.5 Å². The van der Waals surface area contributed by atoms with Crippen molar-refractivity contribution < 1.29 is 10.2 Å². The second-order valence-corrected chi connectivity index (χ2v) is 9.68. The Bertz CT molecular complexity index is 387. The molecule has 1 aromatic rings. The van der Waals surface area contributed by atoms with Crippen molar-refractivity contribution in [3.63, 3.8) is 0 Å². The Morgan fingerprint density at radius 3 is 2.12 bits per heavy atom. The second-order valence-electron chi connectivity index (χ2n) is 4.50. The van der Waals surface area contributed by atoms with Crippen molar-refractivity contribution in [2.75, 3.05) is 0 Å². The van der Waals surface area contributed by atoms with Crippen LogP contribution in [0.2, 0.25) is 18.1 Å². The van der Waals surface area contributed by atoms with Crippen molar-refractivity contribution >= 4 is 14.1 Å². The van der Waals surface area contributed by atoms with Gasteiger partial charge in [-0.2, -0.15) is 0 Å². The van der Waals surface area contributed by atoms with Crippen LogP contribution in [0, 0.1) is 0 Å². The molecule has 3 heteroatoms. The third-order valence-corrected chi connectivity index (χ3v) is 8.84. The number of benzene rings is 1. The lowest BCUT2D eigenvalue weighted by atomic mass is 10.2. The van der Waals surface area contributed by atoms with Gasteiger partial charge in [0.25, 0.3) is 0 Å². The minimum Gasteiger partial charge on any atom is -0.508 e. The highest BCUT2D eigenvalue weighted by atomic mass is 28.3. The number of hydrogen-bond acceptors (Lipinski definition) is 2. The molecule has 17 heavy (non-hydrogen) atoms. The first-order valence-electron chi connectivity index (χ1n) is 6.28. The fourth-order valence-corrected chi connectivity index (χ4v) is 4.78. The fourth-order valence-electron chi connectivity index (χ4n) is 2.04. The Hall–Kier alpha value is -1.22. The van der Waals surface area contributed by atoms with Crippen LogP contribution < -0.4 is 0 Å². The number of hydrogen-bond donors (Lipinski definition) is 2. The van der Waals surface area contributed by atoms with Gasteiger partial charge in [-0.3, -0.25) is 0 Å². The van der Waals surface area contributed by atoms with Gasteiger partial charge in [0, 0.05) is 11.6 Å². The summed E-state index contributed by atoms with van der Waals surface area (Å²) in [6, 6.07) is 8.43. The smallest absolute Gasteiger partial charge is 0.126 e. The van der Waals surface area contributed by atoms with Gasteiger partial charge >= 0.3 is 0 Å². The van der Waals surface area contributed by atoms with E-state index in [-0.39, 0.29) is 11.5 Å². The molecule has 1 aromatic carbocycles. The van der Waals surface area contributed by atoms with E-state index < -0.39 is 8.07 Å². The summed E-state index contributed by atoms with van der Waals surface area (Å²) in [6.07, 6.45) is 2.01. The highest BCUT2D eigenvalue weighted by molar-refractivity contribution is 6.84. The molecule has 0 unspecified atom stereocenters. The van der Waals surface area contributed by atoms with Crippen LogP contribution in [0.15, 0.2) is 23.9 Å². The zero-order valence-corrected chi connectivity index (χ0v) is 11.9. The summed E-state index contributed by atoms with van der Waals surface area (Å²) in [5.74, 6) is 0.247. The Kier molecular flexibility index (Phi) is 4.81. The van der Waals surface area contributed by atoms with Crippen LogP contribution in [0.1, 0.15) is 26.3 Å². The molecule has 0 fully saturated rings. The van der Waals surface area contributed by atoms with Crippen LogP contribution in [0.25, 0.3) is 6.08 Å². The van der Waals surface area contributed by atoms with Gasteiger partial charge in [-0.25, -0.2) is 0 Å². The molecule has 0 spiro atoms. The molecule has 0 aliphatic rings. The Balaban J connectivity index is 2.96. The quantitative estimate of drug-likeness (QED) is 0.770. The Labute approximate surface area is 105 Å². The van der Waals surface area contributed by atoms with Gasteiger partial charge in [-0.05, 0) is 12.1 Å². The summed E-state index contributed by atoms with van der Waals surface area (Å²) in [5.41, 5.74) is 3.11. The van der Waals surface area contributed by atoms with Crippen LogP contribution >= 0.6 is 0 Å². The molecule has 0 aliphatic heterocycles. The van der Waals surface area contributed by atoms with Gasteiger partial charge in [0.15, 0.2) is 0 Å². The van der Waals surface area contributed by atoms with E-state index in [0.29, 0.717) is 0 Å². The molecule has 0 heterocycles. The summed E-state index contributed by atoms with van der Waals surface area (Å²) in [5, 5.41) is 18.9. The molecule has 2 N–H and O–H groups in total. The van der Waals surface area contributed by atoms with E-state index in [2.05, 4.69) is 26.5 Å². The van der Waals surface area contributed by atoms with Crippen molar-refractivity contribution in [1.82, 2.24) is 0 Å². The molecule has 94 valence electrons. The predicted octanol–water partition coefficient (Wildman–Crippen LogP) is 4.16. The van der Waals surface area contributed by atoms with Crippen LogP contribution in [0.3, 0.4) is 0 Å². The largest absolute Gasteiger partial charge is 0.508 e. The monoisotopic (exact) mass is 250 g/mol. The maximum atomic E-state index is 9.71. The van der Waals surface area contributed by atoms with Gasteiger partial charge in [-0.15, -0.1) is 0 Å². The highest BCUT2D eigenvalue weighted by Gasteiger charge is 2.22. The lowest BCUT2D eigenvalue weighted by Crippen LogP contribution is -2.28. The summed E-state index contributed by atoms with van der Waals surface area (Å²) in [4.78, 5) is 0. The molecule has 0 amide bonds. The van der Waals surface area contributed by atoms with Crippen molar-refractivity contribution in [2.24, 2.45) is 0 Å². The molecule has 0 saturated heterocycles. The van der Waals surface area contributed by atoms with E-state index in [1.807, 2.05) is 6.08 Å². The van der Waals surface area contributed by atoms with E-state index in [1.54, 1.807) is 12.1 Å². The summed E-state index contributed by atoms with van der Waals surface area (Å²) in [7, 11) is -1.29. The first-order chi connectivity index (χ1) is 8.06. The van der Waals surface area contributed by atoms with Crippen molar-refractivity contribution in [1.29, 1.82) is 0 Å². The van der Waals surface area contributed by atoms with Crippen molar-refractivity contribution in [2.45, 2.75) is 38.9 Å². The number of rotatable bonds is 5. The molecule has 0 radical (unpaired) electrons. The van der Waals surface area contributed by atoms with Gasteiger partial charge in [0.2, 0.25) is 0 Å². The molecular weight excluding hydrogens is 228 g/mol. The van der Waals surface area contributed by atoms with Crippen LogP contribution in [-0.4, -0.2) is 18.3 Å². The lowest BCUT2D eigenvalue weighted by Gasteiger charge is -2.23. The molecule has 1 rings (SSSR count). The third-order valence-electron chi connectivity index (χ3n) is 3.74. The maximum Gasteiger partial charge on any atom is 0.126 e. The molecular formula is C14H22O2Si. The van der Waals surface area contributed by atoms with E-state index in [1.165, 1.54) is 24.2 Å². The molecule has 0 atom stereocenters. The first kappa shape index (κ1) is 13.8. The number of aromatic hydroxyl groups is 2. The highest BCUT2D eigenvalue weighted by Crippen LogP contribution is 2.27. The standard InChI is InChI=1S/C14H22O2Si/c1-4-17(5-2,6-3)10-9-12-7-8-13(15)11-14(12)16/h7-11,15-16H,4-6H2,1-3H3/b10-9+. The van der Waals surface area contributed by atoms with Gasteiger partial charge in [0.1, 0.15) is 11.5 Å². The van der Waals surface area contributed by atoms with E-state index in [9.17, 15) is 10.2 Å². The molecule has 0 aliphatic carbocycles.